The van der Waals surface area contributed by atoms with Crippen molar-refractivity contribution in [3.8, 4) is 11.5 Å². The largest absolute Gasteiger partial charge is 0.493 e. The number of ether oxygens (including phenoxy) is 2. The van der Waals surface area contributed by atoms with Gasteiger partial charge in [-0.15, -0.1) is 0 Å². The predicted octanol–water partition coefficient (Wildman–Crippen LogP) is 5.87. The number of carbonyl (C=O) groups is 1. The zero-order chi connectivity index (χ0) is 24.2. The van der Waals surface area contributed by atoms with Crippen molar-refractivity contribution in [2.45, 2.75) is 53.2 Å². The number of benzene rings is 2. The van der Waals surface area contributed by atoms with E-state index in [1.165, 1.54) is 16.7 Å². The molecule has 6 nitrogen and oxygen atoms in total. The molecule has 2 heterocycles. The molecule has 178 valence electrons. The molecule has 1 fully saturated rings. The summed E-state index contributed by atoms with van der Waals surface area (Å²) in [6, 6.07) is 12.3. The number of hydrogen-bond donors (Lipinski definition) is 0. The van der Waals surface area contributed by atoms with Crippen LogP contribution in [0.2, 0.25) is 0 Å². The Morgan fingerprint density at radius 3 is 2.65 bits per heavy atom. The number of likely N-dealkylation sites (tertiary alicyclic amines) is 1. The molecule has 1 aliphatic heterocycles. The minimum Gasteiger partial charge on any atom is -0.493 e. The number of methoxy groups -OCH3 is 1. The van der Waals surface area contributed by atoms with Crippen LogP contribution in [0.1, 0.15) is 58.2 Å². The minimum atomic E-state index is 0.0263. The van der Waals surface area contributed by atoms with E-state index in [2.05, 4.69) is 37.2 Å². The lowest BCUT2D eigenvalue weighted by Gasteiger charge is -2.24. The van der Waals surface area contributed by atoms with Crippen LogP contribution in [-0.2, 0) is 11.4 Å². The first kappa shape index (κ1) is 23.6. The Kier molecular flexibility index (Phi) is 7.06. The molecule has 34 heavy (non-hydrogen) atoms. The summed E-state index contributed by atoms with van der Waals surface area (Å²) >= 11 is 0. The Bertz CT molecular complexity index is 1190. The zero-order valence-electron chi connectivity index (χ0n) is 20.6. The lowest BCUT2D eigenvalue weighted by molar-refractivity contribution is -0.126. The lowest BCUT2D eigenvalue weighted by Crippen LogP contribution is -2.28. The Morgan fingerprint density at radius 1 is 1.12 bits per heavy atom. The van der Waals surface area contributed by atoms with Crippen LogP contribution in [-0.4, -0.2) is 29.6 Å². The van der Waals surface area contributed by atoms with Gasteiger partial charge in [-0.1, -0.05) is 29.4 Å². The van der Waals surface area contributed by atoms with Gasteiger partial charge in [0.2, 0.25) is 5.91 Å². The van der Waals surface area contributed by atoms with Crippen LogP contribution >= 0.6 is 0 Å². The van der Waals surface area contributed by atoms with Crippen LogP contribution in [0.3, 0.4) is 0 Å². The molecule has 0 spiro atoms. The summed E-state index contributed by atoms with van der Waals surface area (Å²) in [5.74, 6) is 2.00. The molecule has 0 radical (unpaired) electrons. The number of nitrogens with zero attached hydrogens (tertiary/aromatic N) is 2. The topological polar surface area (TPSA) is 64.8 Å². The third kappa shape index (κ3) is 5.01. The highest BCUT2D eigenvalue weighted by Gasteiger charge is 2.28. The van der Waals surface area contributed by atoms with E-state index in [0.717, 1.165) is 42.0 Å². The van der Waals surface area contributed by atoms with Gasteiger partial charge in [-0.05, 0) is 81.0 Å². The third-order valence-electron chi connectivity index (χ3n) is 6.61. The molecule has 0 aliphatic carbocycles. The second-order valence-corrected chi connectivity index (χ2v) is 8.87. The molecule has 3 aromatic rings. The Morgan fingerprint density at radius 2 is 1.94 bits per heavy atom. The van der Waals surface area contributed by atoms with E-state index in [1.807, 2.05) is 43.0 Å². The molecule has 1 unspecified atom stereocenters. The SMILES string of the molecule is COc1cc(/C=C/C(=O)N2CCCC2c2ccc(C)c(C)c2)ccc1OCc1c(C)noc1C. The van der Waals surface area contributed by atoms with E-state index in [4.69, 9.17) is 14.0 Å². The van der Waals surface area contributed by atoms with Gasteiger partial charge < -0.3 is 18.9 Å². The lowest BCUT2D eigenvalue weighted by atomic mass is 9.99. The number of carbonyl (C=O) groups excluding carboxylic acids is 1. The van der Waals surface area contributed by atoms with E-state index in [0.29, 0.717) is 18.1 Å². The first-order valence-corrected chi connectivity index (χ1v) is 11.7. The van der Waals surface area contributed by atoms with Crippen molar-refractivity contribution in [3.05, 3.63) is 81.7 Å². The fourth-order valence-electron chi connectivity index (χ4n) is 4.38. The van der Waals surface area contributed by atoms with Gasteiger partial charge in [-0.25, -0.2) is 0 Å². The standard InChI is InChI=1S/C28H32N2O4/c1-18-8-11-23(15-19(18)2)25-7-6-14-30(25)28(31)13-10-22-9-12-26(27(16-22)32-5)33-17-24-20(3)29-34-21(24)4/h8-13,15-16,25H,6-7,14,17H2,1-5H3/b13-10+. The van der Waals surface area contributed by atoms with Crippen LogP contribution < -0.4 is 9.47 Å². The number of hydrogen-bond acceptors (Lipinski definition) is 5. The van der Waals surface area contributed by atoms with E-state index in [1.54, 1.807) is 13.2 Å². The van der Waals surface area contributed by atoms with Gasteiger partial charge in [0, 0.05) is 12.6 Å². The highest BCUT2D eigenvalue weighted by Crippen LogP contribution is 2.34. The van der Waals surface area contributed by atoms with Crippen molar-refractivity contribution in [2.75, 3.05) is 13.7 Å². The molecular formula is C28H32N2O4. The van der Waals surface area contributed by atoms with Gasteiger partial charge >= 0.3 is 0 Å². The summed E-state index contributed by atoms with van der Waals surface area (Å²) < 4.78 is 16.7. The van der Waals surface area contributed by atoms with Crippen molar-refractivity contribution in [3.63, 3.8) is 0 Å². The first-order valence-electron chi connectivity index (χ1n) is 11.7. The second-order valence-electron chi connectivity index (χ2n) is 8.87. The van der Waals surface area contributed by atoms with Crippen LogP contribution in [0.15, 0.2) is 47.0 Å². The van der Waals surface area contributed by atoms with Crippen molar-refractivity contribution < 1.29 is 18.8 Å². The maximum absolute atomic E-state index is 13.0. The molecule has 1 amide bonds. The van der Waals surface area contributed by atoms with Gasteiger partial charge in [0.1, 0.15) is 12.4 Å². The molecule has 1 aliphatic rings. The quantitative estimate of drug-likeness (QED) is 0.413. The molecule has 2 aromatic carbocycles. The van der Waals surface area contributed by atoms with Crippen molar-refractivity contribution in [1.82, 2.24) is 10.1 Å². The summed E-state index contributed by atoms with van der Waals surface area (Å²) in [6.07, 6.45) is 5.49. The highest BCUT2D eigenvalue weighted by atomic mass is 16.5. The second kappa shape index (κ2) is 10.2. The van der Waals surface area contributed by atoms with E-state index in [9.17, 15) is 4.79 Å². The Hall–Kier alpha value is -3.54. The maximum Gasteiger partial charge on any atom is 0.247 e. The fraction of sp³-hybridized carbons (Fsp3) is 0.357. The molecular weight excluding hydrogens is 428 g/mol. The average Bonchev–Trinajstić information content (AvgIpc) is 3.45. The third-order valence-corrected chi connectivity index (χ3v) is 6.61. The molecule has 0 bridgehead atoms. The number of amides is 1. The molecule has 4 rings (SSSR count). The minimum absolute atomic E-state index is 0.0263. The molecule has 1 saturated heterocycles. The van der Waals surface area contributed by atoms with E-state index < -0.39 is 0 Å². The van der Waals surface area contributed by atoms with Crippen LogP contribution in [0.4, 0.5) is 0 Å². The highest BCUT2D eigenvalue weighted by molar-refractivity contribution is 5.92. The summed E-state index contributed by atoms with van der Waals surface area (Å²) in [7, 11) is 1.61. The smallest absolute Gasteiger partial charge is 0.247 e. The Labute approximate surface area is 201 Å². The van der Waals surface area contributed by atoms with Crippen LogP contribution in [0.5, 0.6) is 11.5 Å². The van der Waals surface area contributed by atoms with Gasteiger partial charge in [-0.2, -0.15) is 0 Å². The van der Waals surface area contributed by atoms with Gasteiger partial charge in [0.25, 0.3) is 0 Å². The number of aryl methyl sites for hydroxylation is 4. The van der Waals surface area contributed by atoms with E-state index >= 15 is 0 Å². The molecule has 1 aromatic heterocycles. The molecule has 0 N–H and O–H groups in total. The average molecular weight is 461 g/mol. The number of aromatic nitrogens is 1. The van der Waals surface area contributed by atoms with Gasteiger partial charge in [0.05, 0.1) is 24.4 Å². The van der Waals surface area contributed by atoms with Gasteiger partial charge in [-0.3, -0.25) is 4.79 Å². The monoisotopic (exact) mass is 460 g/mol. The summed E-state index contributed by atoms with van der Waals surface area (Å²) in [4.78, 5) is 15.0. The molecule has 1 atom stereocenters. The number of rotatable bonds is 7. The molecule has 6 heteroatoms. The van der Waals surface area contributed by atoms with Gasteiger partial charge in [0.15, 0.2) is 11.5 Å². The molecule has 0 saturated carbocycles. The normalized spacial score (nSPS) is 15.8. The first-order chi connectivity index (χ1) is 16.4. The summed E-state index contributed by atoms with van der Waals surface area (Å²) in [6.45, 7) is 9.11. The van der Waals surface area contributed by atoms with E-state index in [-0.39, 0.29) is 11.9 Å². The predicted molar refractivity (Wildman–Crippen MR) is 132 cm³/mol. The van der Waals surface area contributed by atoms with Crippen molar-refractivity contribution >= 4 is 12.0 Å². The fourth-order valence-corrected chi connectivity index (χ4v) is 4.38. The zero-order valence-corrected chi connectivity index (χ0v) is 20.6. The van der Waals surface area contributed by atoms with Crippen LogP contribution in [0.25, 0.3) is 6.08 Å². The summed E-state index contributed by atoms with van der Waals surface area (Å²) in [5, 5.41) is 3.96. The van der Waals surface area contributed by atoms with Crippen LogP contribution in [0, 0.1) is 27.7 Å². The summed E-state index contributed by atoms with van der Waals surface area (Å²) in [5.41, 5.74) is 6.36. The maximum atomic E-state index is 13.0. The Balaban J connectivity index is 1.45. The van der Waals surface area contributed by atoms with Crippen molar-refractivity contribution in [2.24, 2.45) is 0 Å². The van der Waals surface area contributed by atoms with Crippen molar-refractivity contribution in [1.29, 1.82) is 0 Å².